The molecule has 3 rings (SSSR count). The molecule has 0 aliphatic rings. The molecule has 13 nitrogen and oxygen atoms in total. The summed E-state index contributed by atoms with van der Waals surface area (Å²) in [6.45, 7) is 14.5. The van der Waals surface area contributed by atoms with E-state index in [9.17, 15) is 14.7 Å². The highest BCUT2D eigenvalue weighted by Crippen LogP contribution is 2.36. The minimum atomic E-state index is -0.629. The molecule has 0 aliphatic heterocycles. The molecule has 0 unspecified atom stereocenters. The van der Waals surface area contributed by atoms with E-state index < -0.39 is 17.9 Å². The number of hydrogen-bond acceptors (Lipinski definition) is 9. The number of aliphatic imine (C=N–C) groups is 1. The van der Waals surface area contributed by atoms with Gasteiger partial charge in [-0.05, 0) is 68.8 Å². The second-order valence-electron chi connectivity index (χ2n) is 9.97. The molecular formula is C34H57N9O4. The Morgan fingerprint density at radius 2 is 1.70 bits per heavy atom. The van der Waals surface area contributed by atoms with Crippen molar-refractivity contribution in [1.29, 1.82) is 0 Å². The maximum absolute atomic E-state index is 13.6. The topological polar surface area (TPSA) is 225 Å². The Bertz CT molecular complexity index is 1330. The predicted molar refractivity (Wildman–Crippen MR) is 190 cm³/mol. The van der Waals surface area contributed by atoms with Gasteiger partial charge in [-0.25, -0.2) is 0 Å². The molecule has 262 valence electrons. The Balaban J connectivity index is 0.00000168. The van der Waals surface area contributed by atoms with Gasteiger partial charge in [0.1, 0.15) is 11.8 Å². The van der Waals surface area contributed by atoms with E-state index in [4.69, 9.17) is 27.5 Å². The van der Waals surface area contributed by atoms with Crippen LogP contribution in [0.3, 0.4) is 0 Å². The number of aromatic hydroxyl groups is 1. The first kappa shape index (κ1) is 42.5. The normalized spacial score (nSPS) is 10.5. The van der Waals surface area contributed by atoms with Crippen LogP contribution in [0.2, 0.25) is 0 Å². The summed E-state index contributed by atoms with van der Waals surface area (Å²) in [4.78, 5) is 35.2. The molecule has 3 aromatic rings. The number of rotatable bonds is 14. The summed E-state index contributed by atoms with van der Waals surface area (Å²) in [5.74, 6) is 0.124. The Labute approximate surface area is 280 Å². The van der Waals surface area contributed by atoms with E-state index in [1.165, 1.54) is 11.0 Å². The first-order valence-electron chi connectivity index (χ1n) is 16.3. The summed E-state index contributed by atoms with van der Waals surface area (Å²) in [7, 11) is 0. The monoisotopic (exact) mass is 655 g/mol. The number of nitrogens with two attached hydrogens (primary N) is 4. The number of nitrogens with zero attached hydrogens (tertiary/aromatic N) is 4. The minimum absolute atomic E-state index is 0.0212. The third-order valence-electron chi connectivity index (χ3n) is 6.51. The van der Waals surface area contributed by atoms with Gasteiger partial charge in [0.05, 0.1) is 18.8 Å². The van der Waals surface area contributed by atoms with Gasteiger partial charge in [-0.1, -0.05) is 70.1 Å². The number of carbonyl (C=O) groups is 2. The Kier molecular flexibility index (Phi) is 22.3. The Morgan fingerprint density at radius 3 is 2.26 bits per heavy atom. The minimum Gasteiger partial charge on any atom is -0.508 e. The zero-order valence-electron chi connectivity index (χ0n) is 29.3. The van der Waals surface area contributed by atoms with Crippen LogP contribution in [0.25, 0.3) is 0 Å². The van der Waals surface area contributed by atoms with Crippen molar-refractivity contribution < 1.29 is 19.2 Å². The third kappa shape index (κ3) is 15.6. The fourth-order valence-corrected chi connectivity index (χ4v) is 4.22. The molecule has 1 atom stereocenters. The van der Waals surface area contributed by atoms with Crippen LogP contribution in [-0.4, -0.2) is 59.2 Å². The first-order chi connectivity index (χ1) is 22.6. The number of aromatic nitrogens is 2. The first-order valence-corrected chi connectivity index (χ1v) is 16.3. The number of aryl methyl sites for hydroxylation is 1. The van der Waals surface area contributed by atoms with Crippen LogP contribution in [0.4, 0.5) is 5.69 Å². The number of phenolic OH excluding ortho intramolecular Hbond substituents is 1. The summed E-state index contributed by atoms with van der Waals surface area (Å²) in [6, 6.07) is 12.3. The Hall–Kier alpha value is -4.49. The van der Waals surface area contributed by atoms with E-state index in [0.29, 0.717) is 37.3 Å². The molecule has 47 heavy (non-hydrogen) atoms. The number of amides is 2. The third-order valence-corrected chi connectivity index (χ3v) is 6.51. The lowest BCUT2D eigenvalue weighted by Crippen LogP contribution is -2.44. The number of benzene rings is 2. The SMILES string of the molecule is CC.CC.CCCN=C(N)N.Cc1cc(O)cc(N(C(=O)CNC(=O)CN)[C@@H](CCCCN)c2nc(Cc3ccccc3)no2)c1C. The van der Waals surface area contributed by atoms with E-state index in [1.54, 1.807) is 6.07 Å². The van der Waals surface area contributed by atoms with Crippen molar-refractivity contribution in [1.82, 2.24) is 15.5 Å². The number of anilines is 1. The highest BCUT2D eigenvalue weighted by molar-refractivity contribution is 5.98. The van der Waals surface area contributed by atoms with Crippen molar-refractivity contribution >= 4 is 23.5 Å². The number of hydrogen-bond donors (Lipinski definition) is 6. The molecular weight excluding hydrogens is 598 g/mol. The fraction of sp³-hybridized carbons (Fsp3) is 0.500. The van der Waals surface area contributed by atoms with Crippen molar-refractivity contribution in [3.63, 3.8) is 0 Å². The van der Waals surface area contributed by atoms with Gasteiger partial charge in [-0.3, -0.25) is 19.5 Å². The number of carbonyl (C=O) groups excluding carboxylic acids is 2. The predicted octanol–water partition coefficient (Wildman–Crippen LogP) is 3.98. The molecule has 10 N–H and O–H groups in total. The molecule has 0 bridgehead atoms. The van der Waals surface area contributed by atoms with Gasteiger partial charge < -0.3 is 37.9 Å². The number of unbranched alkanes of at least 4 members (excludes halogenated alkanes) is 1. The highest BCUT2D eigenvalue weighted by atomic mass is 16.5. The van der Waals surface area contributed by atoms with Gasteiger partial charge in [0.2, 0.25) is 17.7 Å². The number of nitrogens with one attached hydrogen (secondary N) is 1. The molecule has 2 aromatic carbocycles. The average molecular weight is 656 g/mol. The molecule has 0 aliphatic carbocycles. The lowest BCUT2D eigenvalue weighted by Gasteiger charge is -2.31. The van der Waals surface area contributed by atoms with E-state index >= 15 is 0 Å². The van der Waals surface area contributed by atoms with Gasteiger partial charge in [0.15, 0.2) is 11.8 Å². The van der Waals surface area contributed by atoms with Gasteiger partial charge in [0, 0.05) is 19.0 Å². The van der Waals surface area contributed by atoms with E-state index in [0.717, 1.165) is 36.1 Å². The summed E-state index contributed by atoms with van der Waals surface area (Å²) in [6.07, 6.45) is 3.41. The van der Waals surface area contributed by atoms with Crippen LogP contribution in [0.5, 0.6) is 5.75 Å². The summed E-state index contributed by atoms with van der Waals surface area (Å²) < 4.78 is 5.67. The van der Waals surface area contributed by atoms with Crippen LogP contribution in [-0.2, 0) is 16.0 Å². The van der Waals surface area contributed by atoms with E-state index in [1.807, 2.05) is 78.8 Å². The molecule has 0 saturated heterocycles. The second-order valence-corrected chi connectivity index (χ2v) is 9.97. The largest absolute Gasteiger partial charge is 0.508 e. The molecule has 0 radical (unpaired) electrons. The average Bonchev–Trinajstić information content (AvgIpc) is 3.54. The summed E-state index contributed by atoms with van der Waals surface area (Å²) in [5, 5.41) is 17.0. The number of guanidine groups is 1. The Morgan fingerprint density at radius 1 is 1.04 bits per heavy atom. The fourth-order valence-electron chi connectivity index (χ4n) is 4.22. The van der Waals surface area contributed by atoms with Gasteiger partial charge in [-0.15, -0.1) is 0 Å². The van der Waals surface area contributed by atoms with Crippen molar-refractivity contribution in [3.05, 3.63) is 70.9 Å². The zero-order chi connectivity index (χ0) is 35.8. The molecule has 2 amide bonds. The number of phenols is 1. The van der Waals surface area contributed by atoms with Crippen molar-refractivity contribution in [2.24, 2.45) is 27.9 Å². The zero-order valence-corrected chi connectivity index (χ0v) is 29.3. The van der Waals surface area contributed by atoms with Crippen LogP contribution in [0.1, 0.15) is 94.7 Å². The second kappa shape index (κ2) is 24.7. The van der Waals surface area contributed by atoms with Gasteiger partial charge >= 0.3 is 0 Å². The molecule has 13 heteroatoms. The van der Waals surface area contributed by atoms with Crippen LogP contribution in [0.15, 0.2) is 52.0 Å². The lowest BCUT2D eigenvalue weighted by atomic mass is 10.0. The lowest BCUT2D eigenvalue weighted by molar-refractivity contribution is -0.124. The highest BCUT2D eigenvalue weighted by Gasteiger charge is 2.32. The van der Waals surface area contributed by atoms with E-state index in [2.05, 4.69) is 20.4 Å². The molecule has 0 spiro atoms. The smallest absolute Gasteiger partial charge is 0.249 e. The van der Waals surface area contributed by atoms with Crippen LogP contribution < -0.4 is 33.2 Å². The van der Waals surface area contributed by atoms with Crippen LogP contribution >= 0.6 is 0 Å². The molecule has 1 heterocycles. The van der Waals surface area contributed by atoms with Crippen molar-refractivity contribution in [2.45, 2.75) is 86.6 Å². The molecule has 1 aromatic heterocycles. The quantitative estimate of drug-likeness (QED) is 0.0832. The van der Waals surface area contributed by atoms with Crippen LogP contribution in [0, 0.1) is 13.8 Å². The molecule has 0 saturated carbocycles. The molecule has 0 fully saturated rings. The summed E-state index contributed by atoms with van der Waals surface area (Å²) >= 11 is 0. The van der Waals surface area contributed by atoms with Gasteiger partial charge in [0.25, 0.3) is 0 Å². The maximum atomic E-state index is 13.6. The maximum Gasteiger partial charge on any atom is 0.249 e. The standard InChI is InChI=1S/C26H34N6O4.C4H11N3.2C2H6/c1-17-12-20(33)14-22(18(17)2)32(25(35)16-29-24(34)15-28)21(10-6-7-11-27)26-30-23(31-36-26)13-19-8-4-3-5-9-19;1-2-3-7-4(5)6;2*1-2/h3-5,8-9,12,14,21,33H,6-7,10-11,13,15-16,27-28H2,1-2H3,(H,29,34);2-3H2,1H3,(H4,5,6,7);2*1-2H3/t21-;;;/m0.../s1. The van der Waals surface area contributed by atoms with Crippen molar-refractivity contribution in [2.75, 3.05) is 31.1 Å². The van der Waals surface area contributed by atoms with Gasteiger partial charge in [-0.2, -0.15) is 4.98 Å². The van der Waals surface area contributed by atoms with Crippen molar-refractivity contribution in [3.8, 4) is 5.75 Å². The summed E-state index contributed by atoms with van der Waals surface area (Å²) in [5.41, 5.74) is 24.3. The van der Waals surface area contributed by atoms with E-state index in [-0.39, 0.29) is 30.7 Å².